The van der Waals surface area contributed by atoms with Crippen molar-refractivity contribution in [1.29, 1.82) is 5.26 Å². The summed E-state index contributed by atoms with van der Waals surface area (Å²) < 4.78 is 10.9. The van der Waals surface area contributed by atoms with Crippen LogP contribution in [0.3, 0.4) is 0 Å². The third-order valence-electron chi connectivity index (χ3n) is 5.34. The van der Waals surface area contributed by atoms with Crippen molar-refractivity contribution in [3.63, 3.8) is 0 Å². The highest BCUT2D eigenvalue weighted by atomic mass is 35.5. The van der Waals surface area contributed by atoms with Crippen molar-refractivity contribution in [2.45, 2.75) is 13.8 Å². The number of nitriles is 1. The van der Waals surface area contributed by atoms with Crippen LogP contribution in [-0.4, -0.2) is 22.9 Å². The van der Waals surface area contributed by atoms with Gasteiger partial charge in [-0.1, -0.05) is 23.7 Å². The van der Waals surface area contributed by atoms with Gasteiger partial charge in [0.1, 0.15) is 11.6 Å². The minimum absolute atomic E-state index is 0.0404. The second-order valence-electron chi connectivity index (χ2n) is 7.67. The summed E-state index contributed by atoms with van der Waals surface area (Å²) in [4.78, 5) is 33.5. The lowest BCUT2D eigenvalue weighted by Gasteiger charge is -2.13. The van der Waals surface area contributed by atoms with Gasteiger partial charge in [0.2, 0.25) is 5.75 Å². The molecule has 0 aliphatic carbocycles. The molecule has 0 aliphatic heterocycles. The minimum Gasteiger partial charge on any atom is -0.493 e. The Morgan fingerprint density at radius 2 is 1.81 bits per heavy atom. The number of amides is 1. The summed E-state index contributed by atoms with van der Waals surface area (Å²) in [6, 6.07) is 12.9. The summed E-state index contributed by atoms with van der Waals surface area (Å²) in [5.41, 5.74) is 1.38. The Bertz CT molecular complexity index is 1500. The molecule has 12 heteroatoms. The molecule has 0 spiro atoms. The average molecular weight is 523 g/mol. The van der Waals surface area contributed by atoms with E-state index in [9.17, 15) is 30.3 Å². The summed E-state index contributed by atoms with van der Waals surface area (Å²) in [6.07, 6.45) is 1.30. The standard InChI is InChI=1S/C25H19ClN4O7/c1-14-5-4-6-20(15(14)2)28-25(31)17(13-27)9-16-10-19(26)24(23(11-16)36-3)37-22-8-7-18(29(32)33)12-21(22)30(34)35/h4-12H,1-3H3,(H,28,31)/b17-9+. The third-order valence-corrected chi connectivity index (χ3v) is 5.62. The van der Waals surface area contributed by atoms with E-state index in [1.807, 2.05) is 26.0 Å². The summed E-state index contributed by atoms with van der Waals surface area (Å²) in [6.45, 7) is 3.74. The molecule has 3 aromatic rings. The number of anilines is 1. The summed E-state index contributed by atoms with van der Waals surface area (Å²) in [7, 11) is 1.30. The number of hydrogen-bond donors (Lipinski definition) is 1. The molecule has 0 radical (unpaired) electrons. The molecule has 0 atom stereocenters. The summed E-state index contributed by atoms with van der Waals surface area (Å²) in [5.74, 6) is -0.993. The second-order valence-corrected chi connectivity index (χ2v) is 8.08. The third kappa shape index (κ3) is 6.01. The van der Waals surface area contributed by atoms with E-state index in [1.165, 1.54) is 25.3 Å². The molecule has 0 unspecified atom stereocenters. The SMILES string of the molecule is COc1cc(/C=C(\C#N)C(=O)Nc2cccc(C)c2C)cc(Cl)c1Oc1ccc([N+](=O)[O-])cc1[N+](=O)[O-]. The van der Waals surface area contributed by atoms with Gasteiger partial charge < -0.3 is 14.8 Å². The van der Waals surface area contributed by atoms with Crippen molar-refractivity contribution in [3.8, 4) is 23.3 Å². The van der Waals surface area contributed by atoms with Crippen LogP contribution in [0.4, 0.5) is 17.1 Å². The van der Waals surface area contributed by atoms with Crippen LogP contribution in [0.25, 0.3) is 6.08 Å². The Balaban J connectivity index is 1.96. The number of aryl methyl sites for hydroxylation is 1. The molecule has 0 aliphatic rings. The highest BCUT2D eigenvalue weighted by molar-refractivity contribution is 6.32. The van der Waals surface area contributed by atoms with Gasteiger partial charge in [-0.25, -0.2) is 0 Å². The Kier molecular flexibility index (Phi) is 8.06. The number of nitrogens with zero attached hydrogens (tertiary/aromatic N) is 3. The molecule has 1 amide bonds. The highest BCUT2D eigenvalue weighted by Crippen LogP contribution is 2.43. The molecule has 0 saturated heterocycles. The molecule has 0 bridgehead atoms. The monoisotopic (exact) mass is 522 g/mol. The van der Waals surface area contributed by atoms with E-state index in [4.69, 9.17) is 21.1 Å². The van der Waals surface area contributed by atoms with Crippen molar-refractivity contribution in [1.82, 2.24) is 0 Å². The predicted octanol–water partition coefficient (Wildman–Crippen LogP) is 6.12. The van der Waals surface area contributed by atoms with Gasteiger partial charge >= 0.3 is 5.69 Å². The topological polar surface area (TPSA) is 158 Å². The molecule has 0 fully saturated rings. The van der Waals surface area contributed by atoms with Gasteiger partial charge in [0, 0.05) is 11.8 Å². The number of benzene rings is 3. The van der Waals surface area contributed by atoms with E-state index in [0.717, 1.165) is 29.3 Å². The first kappa shape index (κ1) is 26.7. The van der Waals surface area contributed by atoms with E-state index >= 15 is 0 Å². The number of methoxy groups -OCH3 is 1. The molecule has 1 N–H and O–H groups in total. The first-order valence-corrected chi connectivity index (χ1v) is 10.9. The zero-order valence-corrected chi connectivity index (χ0v) is 20.5. The van der Waals surface area contributed by atoms with Crippen LogP contribution in [0.15, 0.2) is 54.1 Å². The first-order valence-electron chi connectivity index (χ1n) is 10.5. The molecule has 3 rings (SSSR count). The van der Waals surface area contributed by atoms with Gasteiger partial charge in [0.05, 0.1) is 28.0 Å². The summed E-state index contributed by atoms with van der Waals surface area (Å²) in [5, 5.41) is 34.6. The van der Waals surface area contributed by atoms with E-state index in [2.05, 4.69) is 5.32 Å². The zero-order valence-electron chi connectivity index (χ0n) is 19.8. The highest BCUT2D eigenvalue weighted by Gasteiger charge is 2.24. The quantitative estimate of drug-likeness (QED) is 0.160. The molecule has 37 heavy (non-hydrogen) atoms. The lowest BCUT2D eigenvalue weighted by atomic mass is 10.1. The van der Waals surface area contributed by atoms with Crippen LogP contribution in [-0.2, 0) is 4.79 Å². The first-order chi connectivity index (χ1) is 17.5. The van der Waals surface area contributed by atoms with Gasteiger partial charge in [-0.15, -0.1) is 0 Å². The van der Waals surface area contributed by atoms with Crippen molar-refractivity contribution in [2.24, 2.45) is 0 Å². The lowest BCUT2D eigenvalue weighted by Crippen LogP contribution is -2.14. The number of carbonyl (C=O) groups excluding carboxylic acids is 1. The Labute approximate surface area is 215 Å². The van der Waals surface area contributed by atoms with E-state index < -0.39 is 27.1 Å². The Hall–Kier alpha value is -4.95. The zero-order chi connectivity index (χ0) is 27.3. The number of nitro benzene ring substituents is 2. The molecular weight excluding hydrogens is 504 g/mol. The molecule has 188 valence electrons. The van der Waals surface area contributed by atoms with E-state index in [0.29, 0.717) is 11.3 Å². The fourth-order valence-corrected chi connectivity index (χ4v) is 3.53. The number of ether oxygens (including phenoxy) is 2. The van der Waals surface area contributed by atoms with Crippen LogP contribution in [0.2, 0.25) is 5.02 Å². The van der Waals surface area contributed by atoms with Crippen molar-refractivity contribution in [2.75, 3.05) is 12.4 Å². The summed E-state index contributed by atoms with van der Waals surface area (Å²) >= 11 is 6.36. The van der Waals surface area contributed by atoms with Crippen LogP contribution >= 0.6 is 11.6 Å². The van der Waals surface area contributed by atoms with Crippen LogP contribution in [0.5, 0.6) is 17.2 Å². The number of nitro groups is 2. The lowest BCUT2D eigenvalue weighted by molar-refractivity contribution is -0.394. The normalized spacial score (nSPS) is 10.8. The second kappa shape index (κ2) is 11.2. The molecule has 0 heterocycles. The molecular formula is C25H19ClN4O7. The maximum atomic E-state index is 12.7. The number of hydrogen-bond acceptors (Lipinski definition) is 8. The maximum Gasteiger partial charge on any atom is 0.318 e. The molecule has 0 aromatic heterocycles. The Morgan fingerprint density at radius 1 is 1.08 bits per heavy atom. The van der Waals surface area contributed by atoms with Crippen molar-refractivity contribution >= 4 is 40.6 Å². The fourth-order valence-electron chi connectivity index (χ4n) is 3.27. The largest absolute Gasteiger partial charge is 0.493 e. The maximum absolute atomic E-state index is 12.7. The van der Waals surface area contributed by atoms with Crippen LogP contribution in [0.1, 0.15) is 16.7 Å². The van der Waals surface area contributed by atoms with Gasteiger partial charge in [0.25, 0.3) is 11.6 Å². The fraction of sp³-hybridized carbons (Fsp3) is 0.120. The Morgan fingerprint density at radius 3 is 2.43 bits per heavy atom. The average Bonchev–Trinajstić information content (AvgIpc) is 2.86. The number of non-ortho nitro benzene ring substituents is 1. The van der Waals surface area contributed by atoms with E-state index in [-0.39, 0.29) is 27.8 Å². The number of nitrogens with one attached hydrogen (secondary N) is 1. The molecule has 0 saturated carbocycles. The number of rotatable bonds is 8. The van der Waals surface area contributed by atoms with Gasteiger partial charge in [0.15, 0.2) is 11.5 Å². The van der Waals surface area contributed by atoms with Gasteiger partial charge in [-0.3, -0.25) is 25.0 Å². The molecule has 3 aromatic carbocycles. The van der Waals surface area contributed by atoms with Crippen molar-refractivity contribution in [3.05, 3.63) is 96.0 Å². The smallest absolute Gasteiger partial charge is 0.318 e. The van der Waals surface area contributed by atoms with Crippen molar-refractivity contribution < 1.29 is 24.1 Å². The number of halogens is 1. The molecule has 11 nitrogen and oxygen atoms in total. The minimum atomic E-state index is -0.826. The van der Waals surface area contributed by atoms with Crippen LogP contribution in [0, 0.1) is 45.4 Å². The predicted molar refractivity (Wildman–Crippen MR) is 136 cm³/mol. The number of carbonyl (C=O) groups is 1. The van der Waals surface area contributed by atoms with Gasteiger partial charge in [-0.2, -0.15) is 5.26 Å². The van der Waals surface area contributed by atoms with Crippen LogP contribution < -0.4 is 14.8 Å². The van der Waals surface area contributed by atoms with E-state index in [1.54, 1.807) is 12.1 Å². The van der Waals surface area contributed by atoms with Gasteiger partial charge in [-0.05, 0) is 60.9 Å².